The van der Waals surface area contributed by atoms with Gasteiger partial charge in [-0.2, -0.15) is 0 Å². The Labute approximate surface area is 166 Å². The summed E-state index contributed by atoms with van der Waals surface area (Å²) < 4.78 is 10.6. The minimum atomic E-state index is 0.222. The van der Waals surface area contributed by atoms with Gasteiger partial charge >= 0.3 is 0 Å². The highest BCUT2D eigenvalue weighted by molar-refractivity contribution is 5.78. The van der Waals surface area contributed by atoms with Crippen LogP contribution < -0.4 is 9.47 Å². The Hall–Kier alpha value is -2.24. The summed E-state index contributed by atoms with van der Waals surface area (Å²) in [6.07, 6.45) is 5.14. The molecular formula is C22H30N2O4. The largest absolute Gasteiger partial charge is 0.493 e. The molecule has 3 fully saturated rings. The van der Waals surface area contributed by atoms with E-state index in [1.165, 1.54) is 0 Å². The molecule has 1 aromatic carbocycles. The molecule has 0 aliphatic carbocycles. The van der Waals surface area contributed by atoms with Crippen LogP contribution in [0, 0.1) is 11.8 Å². The van der Waals surface area contributed by atoms with Crippen molar-refractivity contribution >= 4 is 11.8 Å². The predicted octanol–water partition coefficient (Wildman–Crippen LogP) is 2.50. The molecule has 2 amide bonds. The molecule has 3 saturated heterocycles. The van der Waals surface area contributed by atoms with Gasteiger partial charge in [-0.15, -0.1) is 0 Å². The van der Waals surface area contributed by atoms with Crippen molar-refractivity contribution in [1.82, 2.24) is 9.80 Å². The van der Waals surface area contributed by atoms with E-state index in [1.54, 1.807) is 14.2 Å². The molecule has 0 aromatic heterocycles. The standard InChI is InChI=1S/C22H30N2O4/c1-27-19-8-6-15(11-20(19)28-2)7-9-21(25)23-12-16-10-17(14-23)18-4-3-5-22(26)24(18)13-16/h6,8,11,16-18H,3-5,7,9-10,12-14H2,1-2H3/t16-,17+,18-/m1/s1. The molecule has 0 spiro atoms. The lowest BCUT2D eigenvalue weighted by Crippen LogP contribution is -2.61. The van der Waals surface area contributed by atoms with E-state index in [1.807, 2.05) is 18.2 Å². The number of hydrogen-bond acceptors (Lipinski definition) is 4. The third-order valence-electron chi connectivity index (χ3n) is 6.61. The van der Waals surface area contributed by atoms with Gasteiger partial charge in [0.05, 0.1) is 14.2 Å². The fourth-order valence-electron chi connectivity index (χ4n) is 5.26. The topological polar surface area (TPSA) is 59.1 Å². The normalized spacial score (nSPS) is 26.6. The highest BCUT2D eigenvalue weighted by atomic mass is 16.5. The lowest BCUT2D eigenvalue weighted by atomic mass is 9.76. The van der Waals surface area contributed by atoms with Crippen LogP contribution in [0.1, 0.15) is 37.7 Å². The molecule has 0 radical (unpaired) electrons. The molecule has 1 aromatic rings. The molecule has 0 unspecified atom stereocenters. The van der Waals surface area contributed by atoms with Crippen molar-refractivity contribution in [2.45, 2.75) is 44.6 Å². The van der Waals surface area contributed by atoms with Crippen LogP contribution in [-0.4, -0.2) is 61.5 Å². The molecule has 3 aliphatic heterocycles. The van der Waals surface area contributed by atoms with Crippen LogP contribution in [-0.2, 0) is 16.0 Å². The SMILES string of the molecule is COc1ccc(CCC(=O)N2C[C@H]3C[C@@H](C2)[C@H]2CCCC(=O)N2C3)cc1OC. The lowest BCUT2D eigenvalue weighted by Gasteiger charge is -2.52. The summed E-state index contributed by atoms with van der Waals surface area (Å²) in [7, 11) is 3.24. The summed E-state index contributed by atoms with van der Waals surface area (Å²) in [5, 5.41) is 0. The Morgan fingerprint density at radius 1 is 1.14 bits per heavy atom. The van der Waals surface area contributed by atoms with Gasteiger partial charge in [0.2, 0.25) is 11.8 Å². The van der Waals surface area contributed by atoms with Gasteiger partial charge in [-0.3, -0.25) is 9.59 Å². The highest BCUT2D eigenvalue weighted by Gasteiger charge is 2.44. The zero-order valence-electron chi connectivity index (χ0n) is 16.9. The number of fused-ring (bicyclic) bond motifs is 4. The van der Waals surface area contributed by atoms with E-state index in [-0.39, 0.29) is 5.91 Å². The third kappa shape index (κ3) is 3.69. The van der Waals surface area contributed by atoms with Crippen LogP contribution in [0.4, 0.5) is 0 Å². The van der Waals surface area contributed by atoms with Crippen molar-refractivity contribution in [3.63, 3.8) is 0 Å². The van der Waals surface area contributed by atoms with Crippen LogP contribution in [0.15, 0.2) is 18.2 Å². The number of carbonyl (C=O) groups excluding carboxylic acids is 2. The zero-order valence-corrected chi connectivity index (χ0v) is 16.9. The van der Waals surface area contributed by atoms with E-state index in [9.17, 15) is 9.59 Å². The second kappa shape index (κ2) is 8.02. The minimum Gasteiger partial charge on any atom is -0.493 e. The number of benzene rings is 1. The Morgan fingerprint density at radius 2 is 1.96 bits per heavy atom. The van der Waals surface area contributed by atoms with Crippen molar-refractivity contribution in [2.75, 3.05) is 33.9 Å². The fraction of sp³-hybridized carbons (Fsp3) is 0.636. The first-order valence-electron chi connectivity index (χ1n) is 10.4. The maximum atomic E-state index is 12.9. The molecule has 0 N–H and O–H groups in total. The van der Waals surface area contributed by atoms with Crippen molar-refractivity contribution < 1.29 is 19.1 Å². The molecule has 6 heteroatoms. The molecule has 0 saturated carbocycles. The fourth-order valence-corrected chi connectivity index (χ4v) is 5.26. The number of likely N-dealkylation sites (tertiary alicyclic amines) is 1. The minimum absolute atomic E-state index is 0.222. The summed E-state index contributed by atoms with van der Waals surface area (Å²) in [5.74, 6) is 2.82. The average Bonchev–Trinajstić information content (AvgIpc) is 2.72. The number of hydrogen-bond donors (Lipinski definition) is 0. The number of amides is 2. The third-order valence-corrected chi connectivity index (χ3v) is 6.61. The van der Waals surface area contributed by atoms with Crippen LogP contribution in [0.25, 0.3) is 0 Å². The predicted molar refractivity (Wildman–Crippen MR) is 105 cm³/mol. The maximum absolute atomic E-state index is 12.9. The van der Waals surface area contributed by atoms with Crippen LogP contribution >= 0.6 is 0 Å². The molecule has 4 rings (SSSR count). The van der Waals surface area contributed by atoms with Gasteiger partial charge in [-0.1, -0.05) is 6.07 Å². The quantitative estimate of drug-likeness (QED) is 0.780. The Morgan fingerprint density at radius 3 is 2.75 bits per heavy atom. The zero-order chi connectivity index (χ0) is 19.7. The first-order valence-corrected chi connectivity index (χ1v) is 10.4. The van der Waals surface area contributed by atoms with Gasteiger partial charge in [0.15, 0.2) is 11.5 Å². The smallest absolute Gasteiger partial charge is 0.222 e. The first kappa shape index (κ1) is 19.1. The molecule has 3 aliphatic rings. The van der Waals surface area contributed by atoms with E-state index >= 15 is 0 Å². The Balaban J connectivity index is 1.37. The van der Waals surface area contributed by atoms with E-state index < -0.39 is 0 Å². The Kier molecular flexibility index (Phi) is 5.47. The molecule has 2 bridgehead atoms. The number of piperidine rings is 3. The summed E-state index contributed by atoms with van der Waals surface area (Å²) >= 11 is 0. The van der Waals surface area contributed by atoms with Gasteiger partial charge in [0, 0.05) is 38.5 Å². The second-order valence-electron chi connectivity index (χ2n) is 8.36. The van der Waals surface area contributed by atoms with Crippen molar-refractivity contribution in [2.24, 2.45) is 11.8 Å². The van der Waals surface area contributed by atoms with E-state index in [0.29, 0.717) is 54.5 Å². The number of rotatable bonds is 5. The molecule has 28 heavy (non-hydrogen) atoms. The van der Waals surface area contributed by atoms with Crippen LogP contribution in [0.2, 0.25) is 0 Å². The van der Waals surface area contributed by atoms with Crippen molar-refractivity contribution in [1.29, 1.82) is 0 Å². The molecular weight excluding hydrogens is 356 g/mol. The Bertz CT molecular complexity index is 750. The molecule has 6 nitrogen and oxygen atoms in total. The van der Waals surface area contributed by atoms with Gasteiger partial charge in [-0.25, -0.2) is 0 Å². The van der Waals surface area contributed by atoms with E-state index in [0.717, 1.165) is 44.5 Å². The summed E-state index contributed by atoms with van der Waals surface area (Å²) in [5.41, 5.74) is 1.08. The number of methoxy groups -OCH3 is 2. The van der Waals surface area contributed by atoms with Gasteiger partial charge in [-0.05, 0) is 55.2 Å². The van der Waals surface area contributed by atoms with E-state index in [4.69, 9.17) is 9.47 Å². The first-order chi connectivity index (χ1) is 13.6. The van der Waals surface area contributed by atoms with Gasteiger partial charge < -0.3 is 19.3 Å². The number of ether oxygens (including phenoxy) is 2. The number of aryl methyl sites for hydroxylation is 1. The van der Waals surface area contributed by atoms with Crippen LogP contribution in [0.3, 0.4) is 0 Å². The van der Waals surface area contributed by atoms with E-state index in [2.05, 4.69) is 9.80 Å². The van der Waals surface area contributed by atoms with Crippen LogP contribution in [0.5, 0.6) is 11.5 Å². The summed E-state index contributed by atoms with van der Waals surface area (Å²) in [6, 6.07) is 6.17. The number of nitrogens with zero attached hydrogens (tertiary/aromatic N) is 2. The van der Waals surface area contributed by atoms with Gasteiger partial charge in [0.1, 0.15) is 0 Å². The summed E-state index contributed by atoms with van der Waals surface area (Å²) in [6.45, 7) is 2.42. The number of carbonyl (C=O) groups is 2. The average molecular weight is 386 g/mol. The second-order valence-corrected chi connectivity index (χ2v) is 8.36. The lowest BCUT2D eigenvalue weighted by molar-refractivity contribution is -0.148. The monoisotopic (exact) mass is 386 g/mol. The van der Waals surface area contributed by atoms with Crippen molar-refractivity contribution in [3.8, 4) is 11.5 Å². The molecule has 152 valence electrons. The summed E-state index contributed by atoms with van der Waals surface area (Å²) in [4.78, 5) is 29.3. The van der Waals surface area contributed by atoms with Crippen molar-refractivity contribution in [3.05, 3.63) is 23.8 Å². The van der Waals surface area contributed by atoms with Gasteiger partial charge in [0.25, 0.3) is 0 Å². The maximum Gasteiger partial charge on any atom is 0.222 e. The molecule has 3 atom stereocenters. The highest BCUT2D eigenvalue weighted by Crippen LogP contribution is 2.38. The molecule has 3 heterocycles.